The minimum absolute atomic E-state index is 0.844. The normalized spacial score (nSPS) is 26.0. The van der Waals surface area contributed by atoms with E-state index in [1.54, 1.807) is 6.20 Å². The number of piperidine rings is 1. The van der Waals surface area contributed by atoms with Crippen LogP contribution in [0.25, 0.3) is 11.3 Å². The summed E-state index contributed by atoms with van der Waals surface area (Å²) in [5.74, 6) is 2.77. The highest BCUT2D eigenvalue weighted by Gasteiger charge is 2.45. The Hall–Kier alpha value is -1.77. The third kappa shape index (κ3) is 1.54. The lowest BCUT2D eigenvalue weighted by Gasteiger charge is -2.20. The highest BCUT2D eigenvalue weighted by Crippen LogP contribution is 2.46. The highest BCUT2D eigenvalue weighted by molar-refractivity contribution is 5.64. The molecule has 2 atom stereocenters. The fourth-order valence-corrected chi connectivity index (χ4v) is 2.82. The van der Waals surface area contributed by atoms with Gasteiger partial charge in [0, 0.05) is 24.3 Å². The van der Waals surface area contributed by atoms with Gasteiger partial charge in [0.2, 0.25) is 0 Å². The van der Waals surface area contributed by atoms with Crippen molar-refractivity contribution in [1.29, 1.82) is 0 Å². The molecule has 3 nitrogen and oxygen atoms in total. The molecule has 17 heavy (non-hydrogen) atoms. The molecule has 1 saturated carbocycles. The molecule has 1 saturated heterocycles. The third-order valence-electron chi connectivity index (χ3n) is 3.91. The van der Waals surface area contributed by atoms with Crippen molar-refractivity contribution in [2.45, 2.75) is 6.42 Å². The number of hydrogen-bond donors (Lipinski definition) is 0. The van der Waals surface area contributed by atoms with Gasteiger partial charge in [0.1, 0.15) is 0 Å². The van der Waals surface area contributed by atoms with Crippen molar-refractivity contribution in [3.05, 3.63) is 36.9 Å². The summed E-state index contributed by atoms with van der Waals surface area (Å²) in [7, 11) is 0. The molecule has 2 heterocycles. The topological polar surface area (TPSA) is 29.3 Å². The van der Waals surface area contributed by atoms with Crippen LogP contribution in [0.1, 0.15) is 6.42 Å². The number of rotatable bonds is 2. The molecule has 0 N–H and O–H groups in total. The van der Waals surface area contributed by atoms with Crippen LogP contribution < -0.4 is 4.90 Å². The molecule has 1 aromatic heterocycles. The molecular formula is C14H14N2O. The second-order valence-corrected chi connectivity index (χ2v) is 5.08. The Balaban J connectivity index is 1.66. The molecule has 0 radical (unpaired) electrons. The molecule has 2 fully saturated rings. The molecule has 0 spiro atoms. The van der Waals surface area contributed by atoms with E-state index in [2.05, 4.69) is 34.1 Å². The highest BCUT2D eigenvalue weighted by atomic mass is 16.3. The summed E-state index contributed by atoms with van der Waals surface area (Å²) in [5, 5.41) is 0. The molecule has 86 valence electrons. The maximum Gasteiger partial charge on any atom is 0.181 e. The number of anilines is 1. The molecule has 2 aromatic rings. The molecule has 1 aliphatic carbocycles. The van der Waals surface area contributed by atoms with E-state index in [-0.39, 0.29) is 0 Å². The average Bonchev–Trinajstić information content (AvgIpc) is 2.86. The number of fused-ring (bicyclic) bond motifs is 1. The maximum atomic E-state index is 5.34. The number of oxazole rings is 1. The zero-order valence-corrected chi connectivity index (χ0v) is 9.54. The van der Waals surface area contributed by atoms with Crippen molar-refractivity contribution in [1.82, 2.24) is 4.98 Å². The van der Waals surface area contributed by atoms with Gasteiger partial charge in [-0.3, -0.25) is 0 Å². The third-order valence-corrected chi connectivity index (χ3v) is 3.91. The number of benzene rings is 1. The number of hydrogen-bond acceptors (Lipinski definition) is 3. The van der Waals surface area contributed by atoms with Gasteiger partial charge < -0.3 is 9.32 Å². The molecule has 2 aliphatic rings. The van der Waals surface area contributed by atoms with E-state index in [1.165, 1.54) is 31.6 Å². The van der Waals surface area contributed by atoms with Gasteiger partial charge in [0.05, 0.1) is 6.20 Å². The van der Waals surface area contributed by atoms with Crippen molar-refractivity contribution in [3.63, 3.8) is 0 Å². The van der Waals surface area contributed by atoms with Crippen LogP contribution in [0.5, 0.6) is 0 Å². The van der Waals surface area contributed by atoms with Crippen molar-refractivity contribution >= 4 is 5.69 Å². The Morgan fingerprint density at radius 2 is 2.12 bits per heavy atom. The van der Waals surface area contributed by atoms with E-state index < -0.39 is 0 Å². The van der Waals surface area contributed by atoms with Crippen molar-refractivity contribution in [2.75, 3.05) is 18.0 Å². The average molecular weight is 226 g/mol. The lowest BCUT2D eigenvalue weighted by atomic mass is 10.1. The zero-order chi connectivity index (χ0) is 11.2. The van der Waals surface area contributed by atoms with Gasteiger partial charge in [0.25, 0.3) is 0 Å². The summed E-state index contributed by atoms with van der Waals surface area (Å²) >= 11 is 0. The van der Waals surface area contributed by atoms with Crippen molar-refractivity contribution in [3.8, 4) is 11.3 Å². The number of nitrogens with zero attached hydrogens (tertiary/aromatic N) is 2. The summed E-state index contributed by atoms with van der Waals surface area (Å²) < 4.78 is 5.34. The quantitative estimate of drug-likeness (QED) is 0.788. The fourth-order valence-electron chi connectivity index (χ4n) is 2.82. The van der Waals surface area contributed by atoms with Gasteiger partial charge in [-0.25, -0.2) is 4.98 Å². The zero-order valence-electron chi connectivity index (χ0n) is 9.54. The molecule has 0 amide bonds. The van der Waals surface area contributed by atoms with E-state index in [9.17, 15) is 0 Å². The first-order chi connectivity index (χ1) is 8.40. The minimum Gasteiger partial charge on any atom is -0.444 e. The standard InChI is InChI=1S/C14H14N2O/c1-2-10(14-6-15-9-17-14)5-13(3-1)16-7-11-4-12(11)8-16/h1-3,5-6,9,11-12H,4,7-8H2/t11-,12+. The number of aromatic nitrogens is 1. The van der Waals surface area contributed by atoms with Gasteiger partial charge >= 0.3 is 0 Å². The SMILES string of the molecule is c1cc(-c2cnco2)cc(N2C[C@H]3C[C@H]3C2)c1. The Kier molecular flexibility index (Phi) is 1.83. The lowest BCUT2D eigenvalue weighted by Crippen LogP contribution is -2.21. The molecule has 1 aromatic carbocycles. The smallest absolute Gasteiger partial charge is 0.181 e. The first-order valence-electron chi connectivity index (χ1n) is 6.14. The monoisotopic (exact) mass is 226 g/mol. The Morgan fingerprint density at radius 3 is 2.88 bits per heavy atom. The Labute approximate surface area is 100 Å². The fraction of sp³-hybridized carbons (Fsp3) is 0.357. The first kappa shape index (κ1) is 9.28. The Bertz CT molecular complexity index is 525. The van der Waals surface area contributed by atoms with Crippen LogP contribution in [0.2, 0.25) is 0 Å². The van der Waals surface area contributed by atoms with Crippen LogP contribution >= 0.6 is 0 Å². The summed E-state index contributed by atoms with van der Waals surface area (Å²) in [6, 6.07) is 8.55. The Morgan fingerprint density at radius 1 is 1.24 bits per heavy atom. The van der Waals surface area contributed by atoms with Crippen LogP contribution in [0.3, 0.4) is 0 Å². The van der Waals surface area contributed by atoms with E-state index >= 15 is 0 Å². The van der Waals surface area contributed by atoms with Gasteiger partial charge in [-0.2, -0.15) is 0 Å². The first-order valence-corrected chi connectivity index (χ1v) is 6.14. The van der Waals surface area contributed by atoms with E-state index in [0.717, 1.165) is 23.2 Å². The summed E-state index contributed by atoms with van der Waals surface area (Å²) in [5.41, 5.74) is 2.42. The molecule has 0 unspecified atom stereocenters. The molecule has 4 rings (SSSR count). The summed E-state index contributed by atoms with van der Waals surface area (Å²) in [6.07, 6.45) is 4.69. The van der Waals surface area contributed by atoms with E-state index in [0.29, 0.717) is 0 Å². The molecule has 3 heteroatoms. The van der Waals surface area contributed by atoms with E-state index in [1.807, 2.05) is 0 Å². The van der Waals surface area contributed by atoms with Crippen molar-refractivity contribution in [2.24, 2.45) is 11.8 Å². The molecule has 0 bridgehead atoms. The lowest BCUT2D eigenvalue weighted by molar-refractivity contribution is 0.572. The maximum absolute atomic E-state index is 5.34. The summed E-state index contributed by atoms with van der Waals surface area (Å²) in [6.45, 7) is 2.45. The van der Waals surface area contributed by atoms with Gasteiger partial charge in [-0.1, -0.05) is 12.1 Å². The van der Waals surface area contributed by atoms with Crippen LogP contribution in [0.4, 0.5) is 5.69 Å². The van der Waals surface area contributed by atoms with Crippen LogP contribution in [0.15, 0.2) is 41.3 Å². The van der Waals surface area contributed by atoms with Crippen LogP contribution in [-0.4, -0.2) is 18.1 Å². The van der Waals surface area contributed by atoms with Gasteiger partial charge in [-0.15, -0.1) is 0 Å². The van der Waals surface area contributed by atoms with Crippen molar-refractivity contribution < 1.29 is 4.42 Å². The summed E-state index contributed by atoms with van der Waals surface area (Å²) in [4.78, 5) is 6.45. The minimum atomic E-state index is 0.844. The largest absolute Gasteiger partial charge is 0.444 e. The van der Waals surface area contributed by atoms with E-state index in [4.69, 9.17) is 4.42 Å². The predicted octanol–water partition coefficient (Wildman–Crippen LogP) is 2.80. The van der Waals surface area contributed by atoms with Crippen LogP contribution in [0, 0.1) is 11.8 Å². The van der Waals surface area contributed by atoms with Gasteiger partial charge in [0.15, 0.2) is 12.2 Å². The molecule has 1 aliphatic heterocycles. The molecular weight excluding hydrogens is 212 g/mol. The second-order valence-electron chi connectivity index (χ2n) is 5.08. The second kappa shape index (κ2) is 3.36. The van der Waals surface area contributed by atoms with Gasteiger partial charge in [-0.05, 0) is 30.4 Å². The van der Waals surface area contributed by atoms with Crippen LogP contribution in [-0.2, 0) is 0 Å². The predicted molar refractivity (Wildman–Crippen MR) is 65.7 cm³/mol.